The minimum absolute atomic E-state index is 0.0782. The van der Waals surface area contributed by atoms with E-state index in [-0.39, 0.29) is 6.04 Å². The molecule has 0 radical (unpaired) electrons. The minimum Gasteiger partial charge on any atom is -0.497 e. The Morgan fingerprint density at radius 1 is 1.03 bits per heavy atom. The molecule has 4 aromatic rings. The van der Waals surface area contributed by atoms with Crippen LogP contribution in [0.5, 0.6) is 5.75 Å². The van der Waals surface area contributed by atoms with Gasteiger partial charge in [0.25, 0.3) is 0 Å². The van der Waals surface area contributed by atoms with Gasteiger partial charge < -0.3 is 19.1 Å². The number of rotatable bonds is 6. The molecule has 168 valence electrons. The highest BCUT2D eigenvalue weighted by molar-refractivity contribution is 7.71. The van der Waals surface area contributed by atoms with Crippen molar-refractivity contribution in [1.29, 1.82) is 0 Å². The van der Waals surface area contributed by atoms with Gasteiger partial charge in [0.05, 0.1) is 30.3 Å². The second kappa shape index (κ2) is 9.11. The molecule has 0 aliphatic carbocycles. The molecule has 1 atom stereocenters. The highest BCUT2D eigenvalue weighted by Crippen LogP contribution is 2.31. The van der Waals surface area contributed by atoms with Gasteiger partial charge in [-0.15, -0.1) is 0 Å². The first-order chi connectivity index (χ1) is 16.2. The van der Waals surface area contributed by atoms with E-state index in [4.69, 9.17) is 17.0 Å². The molecule has 0 saturated carbocycles. The second-order valence-electron chi connectivity index (χ2n) is 8.20. The number of piperazine rings is 1. The van der Waals surface area contributed by atoms with E-state index in [0.29, 0.717) is 0 Å². The first kappa shape index (κ1) is 21.3. The predicted octanol–water partition coefficient (Wildman–Crippen LogP) is 5.03. The Balaban J connectivity index is 1.41. The van der Waals surface area contributed by atoms with E-state index in [2.05, 4.69) is 67.5 Å². The van der Waals surface area contributed by atoms with Crippen molar-refractivity contribution >= 4 is 28.8 Å². The number of benzene rings is 2. The Morgan fingerprint density at radius 3 is 2.45 bits per heavy atom. The molecule has 2 aromatic carbocycles. The number of aromatic nitrogens is 3. The summed E-state index contributed by atoms with van der Waals surface area (Å²) in [7, 11) is 1.69. The Bertz CT molecular complexity index is 1300. The van der Waals surface area contributed by atoms with Gasteiger partial charge in [0.2, 0.25) is 0 Å². The molecular weight excluding hydrogens is 430 g/mol. The third kappa shape index (κ3) is 4.12. The lowest BCUT2D eigenvalue weighted by Gasteiger charge is -2.40. The number of fused-ring (bicyclic) bond motifs is 1. The number of allylic oxidation sites excluding steroid dienone is 1. The van der Waals surface area contributed by atoms with Gasteiger partial charge >= 0.3 is 0 Å². The van der Waals surface area contributed by atoms with Crippen molar-refractivity contribution in [1.82, 2.24) is 19.7 Å². The predicted molar refractivity (Wildman–Crippen MR) is 135 cm³/mol. The molecule has 0 bridgehead atoms. The highest BCUT2D eigenvalue weighted by atomic mass is 32.1. The molecule has 2 aromatic heterocycles. The number of pyridine rings is 1. The maximum absolute atomic E-state index is 5.87. The maximum Gasteiger partial charge on any atom is 0.119 e. The second-order valence-corrected chi connectivity index (χ2v) is 8.59. The van der Waals surface area contributed by atoms with Crippen LogP contribution in [0.15, 0.2) is 85.3 Å². The van der Waals surface area contributed by atoms with E-state index < -0.39 is 0 Å². The number of anilines is 1. The fourth-order valence-corrected chi connectivity index (χ4v) is 4.85. The van der Waals surface area contributed by atoms with Crippen molar-refractivity contribution in [3.8, 4) is 5.75 Å². The van der Waals surface area contributed by atoms with Gasteiger partial charge in [-0.25, -0.2) is 0 Å². The summed E-state index contributed by atoms with van der Waals surface area (Å²) >= 11 is 5.87. The van der Waals surface area contributed by atoms with Crippen molar-refractivity contribution in [3.63, 3.8) is 0 Å². The number of aromatic amines is 1. The van der Waals surface area contributed by atoms with Gasteiger partial charge in [-0.05, 0) is 35.9 Å². The van der Waals surface area contributed by atoms with E-state index in [1.807, 2.05) is 30.5 Å². The van der Waals surface area contributed by atoms with Gasteiger partial charge in [-0.2, -0.15) is 5.10 Å². The molecule has 6 nitrogen and oxygen atoms in total. The van der Waals surface area contributed by atoms with Crippen LogP contribution in [0.25, 0.3) is 10.9 Å². The number of hydrogen-bond acceptors (Lipinski definition) is 5. The van der Waals surface area contributed by atoms with Crippen molar-refractivity contribution in [3.05, 3.63) is 95.5 Å². The normalized spacial score (nSPS) is 14.9. The van der Waals surface area contributed by atoms with Crippen LogP contribution in [0.4, 0.5) is 5.69 Å². The van der Waals surface area contributed by atoms with Gasteiger partial charge in [0.1, 0.15) is 10.4 Å². The maximum atomic E-state index is 5.87. The third-order valence-corrected chi connectivity index (χ3v) is 6.80. The van der Waals surface area contributed by atoms with E-state index >= 15 is 0 Å². The molecule has 1 aliphatic rings. The molecule has 33 heavy (non-hydrogen) atoms. The van der Waals surface area contributed by atoms with Crippen molar-refractivity contribution in [2.75, 3.05) is 38.2 Å². The summed E-state index contributed by atoms with van der Waals surface area (Å²) in [5.74, 6) is 0.878. The zero-order valence-electron chi connectivity index (χ0n) is 18.6. The molecule has 3 heterocycles. The quantitative estimate of drug-likeness (QED) is 0.412. The molecule has 1 N–H and O–H groups in total. The van der Waals surface area contributed by atoms with Crippen LogP contribution in [0.1, 0.15) is 11.6 Å². The van der Waals surface area contributed by atoms with Gasteiger partial charge in [-0.3, -0.25) is 5.10 Å². The van der Waals surface area contributed by atoms with Crippen molar-refractivity contribution in [2.24, 2.45) is 0 Å². The Kier molecular flexibility index (Phi) is 5.88. The molecule has 1 fully saturated rings. The van der Waals surface area contributed by atoms with Crippen LogP contribution in [0, 0.1) is 4.64 Å². The van der Waals surface area contributed by atoms with E-state index in [1.54, 1.807) is 13.3 Å². The number of ether oxygens (including phenoxy) is 1. The standard InChI is InChI=1S/C26H27N5OS/c1-19(29-14-16-30(17-15-29)21-8-10-22(32-2)11-9-21)25(20-6-4-3-5-7-20)31-13-12-24-23(26(31)33)18-27-28-24/h3-13,18,25H,1,14-17H2,2H3,(H,27,28). The molecular formula is C26H27N5OS. The van der Waals surface area contributed by atoms with E-state index in [9.17, 15) is 0 Å². The molecule has 1 unspecified atom stereocenters. The Labute approximate surface area is 198 Å². The van der Waals surface area contributed by atoms with Crippen molar-refractivity contribution < 1.29 is 4.74 Å². The van der Waals surface area contributed by atoms with Crippen LogP contribution in [0.2, 0.25) is 0 Å². The van der Waals surface area contributed by atoms with E-state index in [1.165, 1.54) is 11.3 Å². The highest BCUT2D eigenvalue weighted by Gasteiger charge is 2.26. The first-order valence-electron chi connectivity index (χ1n) is 11.1. The molecule has 5 rings (SSSR count). The molecule has 0 spiro atoms. The average molecular weight is 458 g/mol. The zero-order chi connectivity index (χ0) is 22.8. The number of nitrogens with one attached hydrogen (secondary N) is 1. The lowest BCUT2D eigenvalue weighted by molar-refractivity contribution is 0.295. The van der Waals surface area contributed by atoms with Gasteiger partial charge in [-0.1, -0.05) is 49.1 Å². The summed E-state index contributed by atoms with van der Waals surface area (Å²) in [6, 6.07) is 20.7. The Hall–Kier alpha value is -3.58. The minimum atomic E-state index is -0.0782. The fourth-order valence-electron chi connectivity index (χ4n) is 4.53. The van der Waals surface area contributed by atoms with Gasteiger partial charge in [0, 0.05) is 43.8 Å². The summed E-state index contributed by atoms with van der Waals surface area (Å²) < 4.78 is 8.19. The van der Waals surface area contributed by atoms with Crippen LogP contribution in [-0.2, 0) is 0 Å². The number of methoxy groups -OCH3 is 1. The van der Waals surface area contributed by atoms with Crippen LogP contribution in [-0.4, -0.2) is 53.0 Å². The zero-order valence-corrected chi connectivity index (χ0v) is 19.5. The van der Waals surface area contributed by atoms with Crippen LogP contribution >= 0.6 is 12.2 Å². The lowest BCUT2D eigenvalue weighted by Crippen LogP contribution is -2.47. The summed E-state index contributed by atoms with van der Waals surface area (Å²) in [6.07, 6.45) is 3.84. The summed E-state index contributed by atoms with van der Waals surface area (Å²) in [4.78, 5) is 4.79. The smallest absolute Gasteiger partial charge is 0.119 e. The SMILES string of the molecule is C=C(C(c1ccccc1)n1ccc2[nH]ncc2c1=S)N1CCN(c2ccc(OC)cc2)CC1. The Morgan fingerprint density at radius 2 is 1.76 bits per heavy atom. The van der Waals surface area contributed by atoms with E-state index in [0.717, 1.165) is 53.2 Å². The van der Waals surface area contributed by atoms with Crippen LogP contribution < -0.4 is 9.64 Å². The monoisotopic (exact) mass is 457 g/mol. The topological polar surface area (TPSA) is 49.3 Å². The molecule has 1 saturated heterocycles. The van der Waals surface area contributed by atoms with Crippen LogP contribution in [0.3, 0.4) is 0 Å². The van der Waals surface area contributed by atoms with Gasteiger partial charge in [0.15, 0.2) is 0 Å². The summed E-state index contributed by atoms with van der Waals surface area (Å²) in [5, 5.41) is 8.13. The summed E-state index contributed by atoms with van der Waals surface area (Å²) in [5.41, 5.74) is 4.38. The summed E-state index contributed by atoms with van der Waals surface area (Å²) in [6.45, 7) is 8.22. The molecule has 1 aliphatic heterocycles. The molecule has 7 heteroatoms. The molecule has 0 amide bonds. The average Bonchev–Trinajstić information content (AvgIpc) is 3.36. The number of hydrogen-bond donors (Lipinski definition) is 1. The third-order valence-electron chi connectivity index (χ3n) is 6.37. The fraction of sp³-hybridized carbons (Fsp3) is 0.231. The van der Waals surface area contributed by atoms with Crippen molar-refractivity contribution in [2.45, 2.75) is 6.04 Å². The number of nitrogens with zero attached hydrogens (tertiary/aromatic N) is 4. The lowest BCUT2D eigenvalue weighted by atomic mass is 10.0. The first-order valence-corrected chi connectivity index (χ1v) is 11.5. The number of H-pyrrole nitrogens is 1. The largest absolute Gasteiger partial charge is 0.497 e.